The zero-order chi connectivity index (χ0) is 7.28. The van der Waals surface area contributed by atoms with Crippen LogP contribution in [0.3, 0.4) is 0 Å². The van der Waals surface area contributed by atoms with Gasteiger partial charge in [0, 0.05) is 11.9 Å². The Bertz CT molecular complexity index is 143. The normalized spacial score (nSPS) is 10.0. The summed E-state index contributed by atoms with van der Waals surface area (Å²) in [6, 6.07) is 0. The van der Waals surface area contributed by atoms with Gasteiger partial charge in [-0.25, -0.2) is 0 Å². The van der Waals surface area contributed by atoms with E-state index in [1.54, 1.807) is 6.21 Å². The van der Waals surface area contributed by atoms with Gasteiger partial charge in [-0.1, -0.05) is 20.1 Å². The molecule has 0 unspecified atom stereocenters. The van der Waals surface area contributed by atoms with Gasteiger partial charge in [-0.3, -0.25) is 4.99 Å². The molecule has 0 aromatic heterocycles. The molecular weight excluding hydrogens is 110 g/mol. The number of hydrogen-bond acceptors (Lipinski definition) is 1. The summed E-state index contributed by atoms with van der Waals surface area (Å²) >= 11 is 0. The predicted octanol–water partition coefficient (Wildman–Crippen LogP) is 2.56. The van der Waals surface area contributed by atoms with E-state index in [0.29, 0.717) is 0 Å². The van der Waals surface area contributed by atoms with Crippen LogP contribution in [0.2, 0.25) is 0 Å². The summed E-state index contributed by atoms with van der Waals surface area (Å²) in [4.78, 5) is 4.02. The molecule has 0 N–H and O–H groups in total. The van der Waals surface area contributed by atoms with E-state index in [-0.39, 0.29) is 0 Å². The number of hydrogen-bond donors (Lipinski definition) is 0. The molecule has 0 radical (unpaired) electrons. The fourth-order valence-corrected chi connectivity index (χ4v) is 0.293. The smallest absolute Gasteiger partial charge is 0.0329 e. The highest BCUT2D eigenvalue weighted by molar-refractivity contribution is 5.77. The maximum absolute atomic E-state index is 4.02. The van der Waals surface area contributed by atoms with Crippen molar-refractivity contribution in [2.45, 2.75) is 20.3 Å². The predicted molar refractivity (Wildman–Crippen MR) is 42.7 cm³/mol. The van der Waals surface area contributed by atoms with Gasteiger partial charge in [-0.2, -0.15) is 0 Å². The van der Waals surface area contributed by atoms with Crippen molar-refractivity contribution in [1.82, 2.24) is 0 Å². The Labute approximate surface area is 56.8 Å². The van der Waals surface area contributed by atoms with Crippen LogP contribution in [-0.4, -0.2) is 6.21 Å². The van der Waals surface area contributed by atoms with Crippen molar-refractivity contribution in [2.75, 3.05) is 0 Å². The van der Waals surface area contributed by atoms with Gasteiger partial charge >= 0.3 is 0 Å². The number of allylic oxidation sites excluding steroid dienone is 2. The van der Waals surface area contributed by atoms with Gasteiger partial charge in [0.05, 0.1) is 0 Å². The van der Waals surface area contributed by atoms with Gasteiger partial charge in [-0.15, -0.1) is 0 Å². The molecule has 0 aliphatic carbocycles. The summed E-state index contributed by atoms with van der Waals surface area (Å²) in [6.07, 6.45) is 2.63. The van der Waals surface area contributed by atoms with E-state index < -0.39 is 0 Å². The van der Waals surface area contributed by atoms with Gasteiger partial charge in [0.25, 0.3) is 0 Å². The lowest BCUT2D eigenvalue weighted by molar-refractivity contribution is 1.08. The fraction of sp³-hybridized carbons (Fsp3) is 0.375. The van der Waals surface area contributed by atoms with Crippen LogP contribution in [0.15, 0.2) is 29.4 Å². The van der Waals surface area contributed by atoms with Gasteiger partial charge < -0.3 is 0 Å². The maximum Gasteiger partial charge on any atom is 0.0329 e. The van der Waals surface area contributed by atoms with E-state index in [1.165, 1.54) is 0 Å². The molecule has 0 heterocycles. The second-order valence-corrected chi connectivity index (χ2v) is 2.02. The largest absolute Gasteiger partial charge is 0.262 e. The molecule has 9 heavy (non-hydrogen) atoms. The van der Waals surface area contributed by atoms with Gasteiger partial charge in [0.1, 0.15) is 0 Å². The number of aliphatic imine (C=N–C) groups is 1. The summed E-state index contributed by atoms with van der Waals surface area (Å²) in [5.74, 6) is 0. The Morgan fingerprint density at radius 3 is 2.44 bits per heavy atom. The number of nitrogens with zero attached hydrogens (tertiary/aromatic N) is 1. The first-order valence-corrected chi connectivity index (χ1v) is 3.04. The van der Waals surface area contributed by atoms with Gasteiger partial charge in [-0.05, 0) is 18.9 Å². The van der Waals surface area contributed by atoms with Crippen LogP contribution in [0.5, 0.6) is 0 Å². The standard InChI is InChI=1S/C8H13N/c1-5-8(4)9-6-7(2)3/h6H,2,4-5H2,1,3H3. The van der Waals surface area contributed by atoms with E-state index in [0.717, 1.165) is 17.7 Å². The molecule has 0 aliphatic heterocycles. The highest BCUT2D eigenvalue weighted by atomic mass is 14.7. The lowest BCUT2D eigenvalue weighted by Crippen LogP contribution is -1.75. The Hall–Kier alpha value is -0.850. The fourth-order valence-electron chi connectivity index (χ4n) is 0.293. The molecule has 0 aromatic carbocycles. The maximum atomic E-state index is 4.02. The quantitative estimate of drug-likeness (QED) is 0.511. The second kappa shape index (κ2) is 4.07. The molecular formula is C8H13N. The lowest BCUT2D eigenvalue weighted by Gasteiger charge is -1.89. The third-order valence-corrected chi connectivity index (χ3v) is 0.876. The van der Waals surface area contributed by atoms with Crippen LogP contribution < -0.4 is 0 Å². The molecule has 0 saturated heterocycles. The van der Waals surface area contributed by atoms with Crippen molar-refractivity contribution < 1.29 is 0 Å². The number of rotatable bonds is 3. The molecule has 0 aromatic rings. The summed E-state index contributed by atoms with van der Waals surface area (Å²) in [7, 11) is 0. The van der Waals surface area contributed by atoms with Crippen molar-refractivity contribution >= 4 is 6.21 Å². The molecule has 0 saturated carbocycles. The Balaban J connectivity index is 3.71. The summed E-state index contributed by atoms with van der Waals surface area (Å²) in [5.41, 5.74) is 1.86. The molecule has 0 atom stereocenters. The van der Waals surface area contributed by atoms with Crippen molar-refractivity contribution in [3.8, 4) is 0 Å². The van der Waals surface area contributed by atoms with E-state index >= 15 is 0 Å². The molecule has 0 bridgehead atoms. The molecule has 0 fully saturated rings. The zero-order valence-electron chi connectivity index (χ0n) is 6.15. The minimum atomic E-state index is 0.901. The van der Waals surface area contributed by atoms with Crippen LogP contribution >= 0.6 is 0 Å². The average Bonchev–Trinajstić information content (AvgIpc) is 1.83. The Morgan fingerprint density at radius 2 is 2.11 bits per heavy atom. The molecule has 0 rings (SSSR count). The van der Waals surface area contributed by atoms with Crippen LogP contribution in [0, 0.1) is 0 Å². The first kappa shape index (κ1) is 8.15. The Morgan fingerprint density at radius 1 is 1.56 bits per heavy atom. The monoisotopic (exact) mass is 123 g/mol. The van der Waals surface area contributed by atoms with E-state index in [2.05, 4.69) is 18.2 Å². The second-order valence-electron chi connectivity index (χ2n) is 2.02. The molecule has 1 nitrogen and oxygen atoms in total. The van der Waals surface area contributed by atoms with Crippen molar-refractivity contribution in [1.29, 1.82) is 0 Å². The molecule has 0 spiro atoms. The van der Waals surface area contributed by atoms with Crippen LogP contribution in [0.25, 0.3) is 0 Å². The van der Waals surface area contributed by atoms with Crippen LogP contribution in [0.4, 0.5) is 0 Å². The summed E-state index contributed by atoms with van der Waals surface area (Å²) in [5, 5.41) is 0. The topological polar surface area (TPSA) is 12.4 Å². The van der Waals surface area contributed by atoms with Gasteiger partial charge in [0.2, 0.25) is 0 Å². The molecule has 50 valence electrons. The Kier molecular flexibility index (Phi) is 3.69. The molecule has 0 amide bonds. The van der Waals surface area contributed by atoms with Crippen molar-refractivity contribution in [3.05, 3.63) is 24.4 Å². The first-order chi connectivity index (χ1) is 4.16. The third kappa shape index (κ3) is 5.01. The zero-order valence-corrected chi connectivity index (χ0v) is 6.15. The first-order valence-electron chi connectivity index (χ1n) is 3.04. The lowest BCUT2D eigenvalue weighted by atomic mass is 10.3. The van der Waals surface area contributed by atoms with E-state index in [4.69, 9.17) is 0 Å². The highest BCUT2D eigenvalue weighted by Crippen LogP contribution is 1.96. The van der Waals surface area contributed by atoms with Gasteiger partial charge in [0.15, 0.2) is 0 Å². The van der Waals surface area contributed by atoms with Crippen molar-refractivity contribution in [3.63, 3.8) is 0 Å². The average molecular weight is 123 g/mol. The van der Waals surface area contributed by atoms with Crippen molar-refractivity contribution in [2.24, 2.45) is 4.99 Å². The third-order valence-electron chi connectivity index (χ3n) is 0.876. The summed E-state index contributed by atoms with van der Waals surface area (Å²) < 4.78 is 0. The van der Waals surface area contributed by atoms with E-state index in [9.17, 15) is 0 Å². The van der Waals surface area contributed by atoms with Crippen LogP contribution in [-0.2, 0) is 0 Å². The minimum absolute atomic E-state index is 0.901. The highest BCUT2D eigenvalue weighted by Gasteiger charge is 1.80. The van der Waals surface area contributed by atoms with Crippen LogP contribution in [0.1, 0.15) is 20.3 Å². The minimum Gasteiger partial charge on any atom is -0.262 e. The summed E-state index contributed by atoms with van der Waals surface area (Å²) in [6.45, 7) is 11.3. The molecule has 1 heteroatoms. The molecule has 0 aliphatic rings. The SMILES string of the molecule is C=C(C)C=NC(=C)CC. The van der Waals surface area contributed by atoms with E-state index in [1.807, 2.05) is 13.8 Å².